The molecule has 0 unspecified atom stereocenters. The van der Waals surface area contributed by atoms with Crippen LogP contribution in [0.3, 0.4) is 0 Å². The van der Waals surface area contributed by atoms with Gasteiger partial charge in [-0.25, -0.2) is 9.97 Å². The molecule has 0 radical (unpaired) electrons. The number of para-hydroxylation sites is 2. The van der Waals surface area contributed by atoms with Gasteiger partial charge in [-0.3, -0.25) is 4.98 Å². The average molecular weight is 494 g/mol. The zero-order chi connectivity index (χ0) is 26.2. The van der Waals surface area contributed by atoms with Crippen molar-refractivity contribution in [2.75, 3.05) is 0 Å². The maximum atomic E-state index is 5.20. The van der Waals surface area contributed by atoms with Crippen LogP contribution in [0.4, 0.5) is 0 Å². The topological polar surface area (TPSA) is 38.7 Å². The van der Waals surface area contributed by atoms with Gasteiger partial charge in [-0.05, 0) is 40.8 Å². The first-order chi connectivity index (χ1) is 18.5. The standard InChI is InChI=1S/C35H31N3/c1-22(2)32-21-30(24-12-6-5-7-13-24)28-18-11-17-27(34(28)36-32)25-14-10-15-26(20-25)33-29-16-8-9-19-31(29)37-35(38-33)23(3)4/h5-23H,1-4H3. The third-order valence-electron chi connectivity index (χ3n) is 7.12. The molecule has 0 aliphatic carbocycles. The fraction of sp³-hybridized carbons (Fsp3) is 0.171. The average Bonchev–Trinajstić information content (AvgIpc) is 2.96. The highest BCUT2D eigenvalue weighted by molar-refractivity contribution is 6.03. The molecule has 2 aromatic heterocycles. The Morgan fingerprint density at radius 3 is 1.97 bits per heavy atom. The highest BCUT2D eigenvalue weighted by Crippen LogP contribution is 2.37. The van der Waals surface area contributed by atoms with Crippen molar-refractivity contribution in [1.82, 2.24) is 15.0 Å². The molecule has 4 aromatic carbocycles. The van der Waals surface area contributed by atoms with Crippen LogP contribution in [-0.2, 0) is 0 Å². The highest BCUT2D eigenvalue weighted by atomic mass is 14.9. The van der Waals surface area contributed by atoms with Gasteiger partial charge in [-0.15, -0.1) is 0 Å². The lowest BCUT2D eigenvalue weighted by molar-refractivity contribution is 0.784. The molecule has 0 saturated heterocycles. The summed E-state index contributed by atoms with van der Waals surface area (Å²) in [6, 6.07) is 36.4. The Morgan fingerprint density at radius 1 is 0.500 bits per heavy atom. The van der Waals surface area contributed by atoms with Crippen LogP contribution in [0.1, 0.15) is 51.0 Å². The number of hydrogen-bond acceptors (Lipinski definition) is 3. The summed E-state index contributed by atoms with van der Waals surface area (Å²) in [6.45, 7) is 8.70. The highest BCUT2D eigenvalue weighted by Gasteiger charge is 2.16. The summed E-state index contributed by atoms with van der Waals surface area (Å²) in [5.41, 5.74) is 9.87. The van der Waals surface area contributed by atoms with Crippen molar-refractivity contribution in [3.8, 4) is 33.5 Å². The van der Waals surface area contributed by atoms with Gasteiger partial charge in [0.15, 0.2) is 0 Å². The zero-order valence-electron chi connectivity index (χ0n) is 22.3. The smallest absolute Gasteiger partial charge is 0.132 e. The normalized spacial score (nSPS) is 11.6. The Balaban J connectivity index is 1.58. The van der Waals surface area contributed by atoms with Gasteiger partial charge < -0.3 is 0 Å². The predicted molar refractivity (Wildman–Crippen MR) is 159 cm³/mol. The van der Waals surface area contributed by atoms with Gasteiger partial charge in [0.1, 0.15) is 5.82 Å². The molecule has 0 amide bonds. The Hall–Kier alpha value is -4.37. The summed E-state index contributed by atoms with van der Waals surface area (Å²) < 4.78 is 0. The van der Waals surface area contributed by atoms with Crippen LogP contribution in [0.5, 0.6) is 0 Å². The van der Waals surface area contributed by atoms with Gasteiger partial charge in [-0.2, -0.15) is 0 Å². The van der Waals surface area contributed by atoms with Crippen LogP contribution in [-0.4, -0.2) is 15.0 Å². The van der Waals surface area contributed by atoms with Gasteiger partial charge in [0.2, 0.25) is 0 Å². The second kappa shape index (κ2) is 9.83. The molecule has 6 aromatic rings. The number of benzene rings is 4. The maximum Gasteiger partial charge on any atom is 0.132 e. The van der Waals surface area contributed by atoms with Crippen molar-refractivity contribution in [3.05, 3.63) is 115 Å². The van der Waals surface area contributed by atoms with Crippen molar-refractivity contribution < 1.29 is 0 Å². The summed E-state index contributed by atoms with van der Waals surface area (Å²) in [5.74, 6) is 1.43. The molecule has 38 heavy (non-hydrogen) atoms. The van der Waals surface area contributed by atoms with Crippen LogP contribution < -0.4 is 0 Å². The van der Waals surface area contributed by atoms with Crippen LogP contribution in [0.2, 0.25) is 0 Å². The summed E-state index contributed by atoms with van der Waals surface area (Å²) in [5, 5.41) is 2.23. The second-order valence-electron chi connectivity index (χ2n) is 10.5. The summed E-state index contributed by atoms with van der Waals surface area (Å²) >= 11 is 0. The van der Waals surface area contributed by atoms with E-state index in [0.29, 0.717) is 5.92 Å². The van der Waals surface area contributed by atoms with Crippen molar-refractivity contribution in [1.29, 1.82) is 0 Å². The van der Waals surface area contributed by atoms with Crippen molar-refractivity contribution >= 4 is 21.8 Å². The van der Waals surface area contributed by atoms with E-state index in [9.17, 15) is 0 Å². The minimum Gasteiger partial charge on any atom is -0.252 e. The van der Waals surface area contributed by atoms with Crippen LogP contribution >= 0.6 is 0 Å². The molecule has 0 fully saturated rings. The van der Waals surface area contributed by atoms with Crippen molar-refractivity contribution in [3.63, 3.8) is 0 Å². The summed E-state index contributed by atoms with van der Waals surface area (Å²) in [4.78, 5) is 15.1. The van der Waals surface area contributed by atoms with Crippen LogP contribution in [0, 0.1) is 0 Å². The zero-order valence-corrected chi connectivity index (χ0v) is 22.3. The largest absolute Gasteiger partial charge is 0.252 e. The quantitative estimate of drug-likeness (QED) is 0.240. The van der Waals surface area contributed by atoms with E-state index in [0.717, 1.165) is 55.7 Å². The third kappa shape index (κ3) is 4.35. The molecular formula is C35H31N3. The Bertz CT molecular complexity index is 1770. The molecule has 6 rings (SSSR count). The van der Waals surface area contributed by atoms with Crippen LogP contribution in [0.15, 0.2) is 103 Å². The van der Waals surface area contributed by atoms with E-state index >= 15 is 0 Å². The number of fused-ring (bicyclic) bond motifs is 2. The van der Waals surface area contributed by atoms with E-state index in [4.69, 9.17) is 15.0 Å². The molecule has 0 aliphatic heterocycles. The molecule has 3 heteroatoms. The lowest BCUT2D eigenvalue weighted by atomic mass is 9.93. The van der Waals surface area contributed by atoms with E-state index in [1.54, 1.807) is 0 Å². The minimum absolute atomic E-state index is 0.245. The Kier molecular flexibility index (Phi) is 6.21. The van der Waals surface area contributed by atoms with E-state index in [1.807, 2.05) is 6.07 Å². The third-order valence-corrected chi connectivity index (χ3v) is 7.12. The summed E-state index contributed by atoms with van der Waals surface area (Å²) in [7, 11) is 0. The number of hydrogen-bond donors (Lipinski definition) is 0. The van der Waals surface area contributed by atoms with Gasteiger partial charge in [0.05, 0.1) is 16.7 Å². The van der Waals surface area contributed by atoms with Gasteiger partial charge >= 0.3 is 0 Å². The first kappa shape index (κ1) is 24.0. The molecule has 3 nitrogen and oxygen atoms in total. The number of aromatic nitrogens is 3. The lowest BCUT2D eigenvalue weighted by Gasteiger charge is -2.16. The van der Waals surface area contributed by atoms with E-state index in [2.05, 4.69) is 125 Å². The Morgan fingerprint density at radius 2 is 1.18 bits per heavy atom. The maximum absolute atomic E-state index is 5.20. The molecule has 186 valence electrons. The lowest BCUT2D eigenvalue weighted by Crippen LogP contribution is -2.00. The van der Waals surface area contributed by atoms with Gasteiger partial charge in [0.25, 0.3) is 0 Å². The first-order valence-corrected chi connectivity index (χ1v) is 13.4. The van der Waals surface area contributed by atoms with E-state index < -0.39 is 0 Å². The number of nitrogens with zero attached hydrogens (tertiary/aromatic N) is 3. The molecular weight excluding hydrogens is 462 g/mol. The second-order valence-corrected chi connectivity index (χ2v) is 10.5. The molecule has 0 spiro atoms. The van der Waals surface area contributed by atoms with E-state index in [-0.39, 0.29) is 5.92 Å². The number of pyridine rings is 1. The SMILES string of the molecule is CC(C)c1cc(-c2ccccc2)c2cccc(-c3cccc(-c4nc(C(C)C)nc5ccccc45)c3)c2n1. The molecule has 0 bridgehead atoms. The molecule has 0 atom stereocenters. The minimum atomic E-state index is 0.245. The molecule has 0 aliphatic rings. The fourth-order valence-electron chi connectivity index (χ4n) is 5.06. The fourth-order valence-corrected chi connectivity index (χ4v) is 5.06. The van der Waals surface area contributed by atoms with Crippen LogP contribution in [0.25, 0.3) is 55.3 Å². The van der Waals surface area contributed by atoms with Gasteiger partial charge in [-0.1, -0.05) is 113 Å². The van der Waals surface area contributed by atoms with Crippen molar-refractivity contribution in [2.24, 2.45) is 0 Å². The van der Waals surface area contributed by atoms with Gasteiger partial charge in [0, 0.05) is 33.5 Å². The first-order valence-electron chi connectivity index (χ1n) is 13.4. The number of rotatable bonds is 5. The van der Waals surface area contributed by atoms with Crippen molar-refractivity contribution in [2.45, 2.75) is 39.5 Å². The Labute approximate surface area is 224 Å². The predicted octanol–water partition coefficient (Wildman–Crippen LogP) is 9.43. The van der Waals surface area contributed by atoms with E-state index in [1.165, 1.54) is 11.1 Å². The monoisotopic (exact) mass is 493 g/mol. The molecule has 0 saturated carbocycles. The summed E-state index contributed by atoms with van der Waals surface area (Å²) in [6.07, 6.45) is 0. The molecule has 0 N–H and O–H groups in total. The molecule has 2 heterocycles.